The summed E-state index contributed by atoms with van der Waals surface area (Å²) in [5.41, 5.74) is 3.84. The summed E-state index contributed by atoms with van der Waals surface area (Å²) in [6.45, 7) is 1.96. The Kier molecular flexibility index (Phi) is 3.69. The molecule has 0 amide bonds. The lowest BCUT2D eigenvalue weighted by Crippen LogP contribution is -2.10. The molecule has 5 heteroatoms. The van der Waals surface area contributed by atoms with Crippen LogP contribution in [0.3, 0.4) is 0 Å². The van der Waals surface area contributed by atoms with E-state index in [-0.39, 0.29) is 5.56 Å². The van der Waals surface area contributed by atoms with Crippen molar-refractivity contribution in [3.05, 3.63) is 64.8 Å². The number of carboxylic acid groups (broad SMARTS) is 1. The highest BCUT2D eigenvalue weighted by Crippen LogP contribution is 2.28. The molecule has 1 aromatic heterocycles. The third kappa shape index (κ3) is 2.73. The van der Waals surface area contributed by atoms with Crippen LogP contribution in [-0.2, 0) is 0 Å². The number of hydrogen-bond acceptors (Lipinski definition) is 2. The lowest BCUT2D eigenvalue weighted by atomic mass is 10.1. The van der Waals surface area contributed by atoms with Gasteiger partial charge in [0.15, 0.2) is 5.69 Å². The first-order valence-corrected chi connectivity index (χ1v) is 7.14. The maximum atomic E-state index is 10.9. The van der Waals surface area contributed by atoms with Gasteiger partial charge in [0.25, 0.3) is 0 Å². The van der Waals surface area contributed by atoms with Gasteiger partial charge in [0.05, 0.1) is 16.6 Å². The highest BCUT2D eigenvalue weighted by Gasteiger charge is 2.12. The Morgan fingerprint density at radius 2 is 1.91 bits per heavy atom. The van der Waals surface area contributed by atoms with Crippen molar-refractivity contribution in [2.75, 3.05) is 5.32 Å². The number of H-pyrrole nitrogens is 1. The number of carbonyl (C=O) groups is 1. The average Bonchev–Trinajstić information content (AvgIpc) is 2.49. The largest absolute Gasteiger partial charge is 0.478 e. The predicted octanol–water partition coefficient (Wildman–Crippen LogP) is 4.06. The van der Waals surface area contributed by atoms with E-state index in [2.05, 4.69) is 10.3 Å². The van der Waals surface area contributed by atoms with Gasteiger partial charge in [-0.05, 0) is 36.4 Å². The summed E-state index contributed by atoms with van der Waals surface area (Å²) in [6, 6.07) is 14.3. The molecule has 110 valence electrons. The summed E-state index contributed by atoms with van der Waals surface area (Å²) < 4.78 is 0. The number of anilines is 2. The number of aromatic carboxylic acids is 1. The monoisotopic (exact) mass is 313 g/mol. The molecule has 4 nitrogen and oxygen atoms in total. The second-order valence-electron chi connectivity index (χ2n) is 5.04. The normalized spacial score (nSPS) is 10.6. The highest BCUT2D eigenvalue weighted by atomic mass is 35.5. The second-order valence-corrected chi connectivity index (χ2v) is 5.44. The predicted molar refractivity (Wildman–Crippen MR) is 86.9 cm³/mol. The molecule has 0 spiro atoms. The molecular formula is C17H14ClN2O2+. The Morgan fingerprint density at radius 3 is 2.59 bits per heavy atom. The standard InChI is InChI=1S/C17H13ClN2O2/c1-10-9-15(13-3-2-4-14(18)16(13)19-10)20-12-7-5-11(6-8-12)17(21)22/h2-9H,1H3,(H,19,20)(H,21,22)/p+1. The number of aryl methyl sites for hydroxylation is 1. The number of nitrogens with one attached hydrogen (secondary N) is 2. The topological polar surface area (TPSA) is 63.5 Å². The lowest BCUT2D eigenvalue weighted by molar-refractivity contribution is -0.354. The van der Waals surface area contributed by atoms with Gasteiger partial charge in [-0.1, -0.05) is 17.7 Å². The molecule has 0 saturated carbocycles. The van der Waals surface area contributed by atoms with Crippen molar-refractivity contribution in [3.8, 4) is 0 Å². The Hall–Kier alpha value is -2.59. The van der Waals surface area contributed by atoms with Gasteiger partial charge in [-0.3, -0.25) is 0 Å². The molecule has 0 aliphatic heterocycles. The van der Waals surface area contributed by atoms with E-state index in [4.69, 9.17) is 16.7 Å². The van der Waals surface area contributed by atoms with Gasteiger partial charge in [-0.15, -0.1) is 0 Å². The quantitative estimate of drug-likeness (QED) is 0.766. The van der Waals surface area contributed by atoms with Crippen LogP contribution in [0, 0.1) is 6.92 Å². The van der Waals surface area contributed by atoms with Crippen molar-refractivity contribution in [1.82, 2.24) is 0 Å². The molecule has 3 aromatic rings. The van der Waals surface area contributed by atoms with E-state index >= 15 is 0 Å². The van der Waals surface area contributed by atoms with Crippen molar-refractivity contribution in [3.63, 3.8) is 0 Å². The van der Waals surface area contributed by atoms with Crippen molar-refractivity contribution in [2.45, 2.75) is 6.92 Å². The second kappa shape index (κ2) is 5.66. The number of aromatic nitrogens is 1. The Balaban J connectivity index is 2.03. The maximum Gasteiger partial charge on any atom is 0.335 e. The third-order valence-corrected chi connectivity index (χ3v) is 3.71. The van der Waals surface area contributed by atoms with Gasteiger partial charge in [-0.2, -0.15) is 0 Å². The Morgan fingerprint density at radius 1 is 1.18 bits per heavy atom. The number of aromatic amines is 1. The number of carboxylic acids is 1. The molecule has 0 fully saturated rings. The minimum Gasteiger partial charge on any atom is -0.478 e. The summed E-state index contributed by atoms with van der Waals surface area (Å²) in [7, 11) is 0. The summed E-state index contributed by atoms with van der Waals surface area (Å²) in [6.07, 6.45) is 0. The minimum absolute atomic E-state index is 0.260. The number of benzene rings is 2. The first-order chi connectivity index (χ1) is 10.5. The van der Waals surface area contributed by atoms with E-state index in [1.54, 1.807) is 24.3 Å². The van der Waals surface area contributed by atoms with E-state index in [0.717, 1.165) is 28.0 Å². The zero-order valence-electron chi connectivity index (χ0n) is 11.9. The van der Waals surface area contributed by atoms with Gasteiger partial charge < -0.3 is 10.4 Å². The van der Waals surface area contributed by atoms with Gasteiger partial charge in [-0.25, -0.2) is 9.78 Å². The number of rotatable bonds is 3. The van der Waals surface area contributed by atoms with E-state index in [9.17, 15) is 4.79 Å². The van der Waals surface area contributed by atoms with E-state index < -0.39 is 5.97 Å². The van der Waals surface area contributed by atoms with Crippen molar-refractivity contribution >= 4 is 39.8 Å². The molecule has 1 heterocycles. The molecule has 0 saturated heterocycles. The molecule has 0 radical (unpaired) electrons. The number of para-hydroxylation sites is 1. The van der Waals surface area contributed by atoms with E-state index in [1.165, 1.54) is 0 Å². The third-order valence-electron chi connectivity index (χ3n) is 3.40. The molecular weight excluding hydrogens is 300 g/mol. The summed E-state index contributed by atoms with van der Waals surface area (Å²) in [5, 5.41) is 13.9. The number of halogens is 1. The fraction of sp³-hybridized carbons (Fsp3) is 0.0588. The van der Waals surface area contributed by atoms with Crippen LogP contribution in [0.15, 0.2) is 48.5 Å². The van der Waals surface area contributed by atoms with Gasteiger partial charge in [0, 0.05) is 18.7 Å². The molecule has 0 aliphatic rings. The number of pyridine rings is 1. The van der Waals surface area contributed by atoms with Crippen LogP contribution in [0.5, 0.6) is 0 Å². The summed E-state index contributed by atoms with van der Waals surface area (Å²) in [4.78, 5) is 14.1. The average molecular weight is 314 g/mol. The maximum absolute atomic E-state index is 10.9. The van der Waals surface area contributed by atoms with Gasteiger partial charge >= 0.3 is 5.97 Å². The van der Waals surface area contributed by atoms with Gasteiger partial charge in [0.2, 0.25) is 5.52 Å². The first-order valence-electron chi connectivity index (χ1n) is 6.76. The zero-order valence-corrected chi connectivity index (χ0v) is 12.6. The van der Waals surface area contributed by atoms with E-state index in [0.29, 0.717) is 5.02 Å². The van der Waals surface area contributed by atoms with Crippen molar-refractivity contribution < 1.29 is 14.9 Å². The molecule has 0 unspecified atom stereocenters. The summed E-state index contributed by atoms with van der Waals surface area (Å²) in [5.74, 6) is -0.936. The van der Waals surface area contributed by atoms with Gasteiger partial charge in [0.1, 0.15) is 5.02 Å². The summed E-state index contributed by atoms with van der Waals surface area (Å²) >= 11 is 6.24. The molecule has 0 atom stereocenters. The molecule has 22 heavy (non-hydrogen) atoms. The molecule has 0 bridgehead atoms. The Bertz CT molecular complexity index is 860. The molecule has 2 aromatic carbocycles. The van der Waals surface area contributed by atoms with Crippen LogP contribution in [0.25, 0.3) is 10.9 Å². The lowest BCUT2D eigenvalue weighted by Gasteiger charge is -2.09. The van der Waals surface area contributed by atoms with Crippen molar-refractivity contribution in [2.24, 2.45) is 0 Å². The highest BCUT2D eigenvalue weighted by molar-refractivity contribution is 6.35. The van der Waals surface area contributed by atoms with Crippen LogP contribution in [0.1, 0.15) is 16.1 Å². The number of hydrogen-bond donors (Lipinski definition) is 2. The molecule has 0 aliphatic carbocycles. The smallest absolute Gasteiger partial charge is 0.335 e. The number of fused-ring (bicyclic) bond motifs is 1. The van der Waals surface area contributed by atoms with Crippen LogP contribution in [-0.4, -0.2) is 11.1 Å². The Labute approximate surface area is 132 Å². The zero-order chi connectivity index (χ0) is 15.7. The fourth-order valence-corrected chi connectivity index (χ4v) is 2.58. The fourth-order valence-electron chi connectivity index (χ4n) is 2.36. The van der Waals surface area contributed by atoms with Crippen LogP contribution in [0.2, 0.25) is 5.02 Å². The van der Waals surface area contributed by atoms with Crippen LogP contribution < -0.4 is 10.3 Å². The SMILES string of the molecule is Cc1cc(Nc2ccc(C(=O)O)cc2)c2cccc(Cl)c2[nH+]1. The van der Waals surface area contributed by atoms with Crippen LogP contribution >= 0.6 is 11.6 Å². The molecule has 3 rings (SSSR count). The van der Waals surface area contributed by atoms with Crippen LogP contribution in [0.4, 0.5) is 11.4 Å². The van der Waals surface area contributed by atoms with E-state index in [1.807, 2.05) is 31.2 Å². The van der Waals surface area contributed by atoms with Crippen molar-refractivity contribution in [1.29, 1.82) is 0 Å². The molecule has 3 N–H and O–H groups in total. The first kappa shape index (κ1) is 14.4. The minimum atomic E-state index is -0.936.